The summed E-state index contributed by atoms with van der Waals surface area (Å²) in [6, 6.07) is 7.95. The average molecular weight is 336 g/mol. The topological polar surface area (TPSA) is 58.9 Å². The number of rotatable bonds is 1. The molecule has 5 heteroatoms. The number of benzene rings is 1. The van der Waals surface area contributed by atoms with Crippen LogP contribution in [0.1, 0.15) is 44.0 Å². The second kappa shape index (κ2) is 5.48. The summed E-state index contributed by atoms with van der Waals surface area (Å²) in [4.78, 5) is 13.1. The van der Waals surface area contributed by atoms with E-state index in [9.17, 15) is 4.79 Å². The van der Waals surface area contributed by atoms with Crippen molar-refractivity contribution in [2.24, 2.45) is 12.5 Å². The maximum atomic E-state index is 13.1. The highest BCUT2D eigenvalue weighted by Gasteiger charge is 2.39. The van der Waals surface area contributed by atoms with Crippen LogP contribution in [0, 0.1) is 12.3 Å². The lowest BCUT2D eigenvalue weighted by Gasteiger charge is -2.34. The third-order valence-corrected chi connectivity index (χ3v) is 5.31. The summed E-state index contributed by atoms with van der Waals surface area (Å²) < 4.78 is 1.86. The minimum absolute atomic E-state index is 0.0310. The molecule has 0 saturated carbocycles. The maximum absolute atomic E-state index is 13.1. The Bertz CT molecular complexity index is 891. The molecule has 130 valence electrons. The van der Waals surface area contributed by atoms with Gasteiger partial charge in [0.25, 0.3) is 0 Å². The Kier molecular flexibility index (Phi) is 3.49. The molecule has 0 spiro atoms. The first-order valence-electron chi connectivity index (χ1n) is 8.73. The summed E-state index contributed by atoms with van der Waals surface area (Å²) >= 11 is 0. The van der Waals surface area contributed by atoms with Crippen molar-refractivity contribution in [1.29, 1.82) is 0 Å². The second-order valence-corrected chi connectivity index (χ2v) is 7.89. The molecule has 2 heterocycles. The van der Waals surface area contributed by atoms with Crippen molar-refractivity contribution in [2.45, 2.75) is 39.7 Å². The molecule has 0 fully saturated rings. The fraction of sp³-hybridized carbons (Fsp3) is 0.400. The van der Waals surface area contributed by atoms with E-state index in [4.69, 9.17) is 0 Å². The molecule has 25 heavy (non-hydrogen) atoms. The number of carbonyl (C=O) groups excluding carboxylic acids is 1. The molecule has 0 saturated heterocycles. The molecule has 2 aromatic rings. The van der Waals surface area contributed by atoms with E-state index < -0.39 is 0 Å². The first kappa shape index (κ1) is 15.9. The van der Waals surface area contributed by atoms with Crippen LogP contribution in [0.15, 0.2) is 41.7 Å². The van der Waals surface area contributed by atoms with Gasteiger partial charge in [-0.3, -0.25) is 9.48 Å². The van der Waals surface area contributed by atoms with E-state index in [-0.39, 0.29) is 17.2 Å². The number of allylic oxidation sites excluding steroid dienone is 1. The minimum atomic E-state index is -0.177. The van der Waals surface area contributed by atoms with Crippen molar-refractivity contribution in [3.8, 4) is 0 Å². The van der Waals surface area contributed by atoms with Crippen LogP contribution in [0.5, 0.6) is 0 Å². The molecule has 0 amide bonds. The van der Waals surface area contributed by atoms with Crippen LogP contribution < -0.4 is 10.6 Å². The zero-order valence-electron chi connectivity index (χ0n) is 15.2. The Morgan fingerprint density at radius 2 is 1.92 bits per heavy atom. The molecule has 2 aliphatic rings. The smallest absolute Gasteiger partial charge is 0.163 e. The van der Waals surface area contributed by atoms with Gasteiger partial charge in [0.05, 0.1) is 23.6 Å². The highest BCUT2D eigenvalue weighted by molar-refractivity contribution is 6.01. The maximum Gasteiger partial charge on any atom is 0.163 e. The predicted octanol–water partition coefficient (Wildman–Crippen LogP) is 3.95. The summed E-state index contributed by atoms with van der Waals surface area (Å²) in [5.74, 6) is 0.215. The number of ketones is 1. The number of aryl methyl sites for hydroxylation is 1. The second-order valence-electron chi connectivity index (χ2n) is 7.89. The van der Waals surface area contributed by atoms with Gasteiger partial charge in [-0.2, -0.15) is 5.10 Å². The molecule has 1 aromatic carbocycles. The monoisotopic (exact) mass is 336 g/mol. The molecule has 0 bridgehead atoms. The van der Waals surface area contributed by atoms with Crippen molar-refractivity contribution in [3.63, 3.8) is 0 Å². The number of Topliss-reactive ketones (excluding diaryl/α,β-unsaturated/α-hetero) is 1. The molecular formula is C20H24N4O. The van der Waals surface area contributed by atoms with Crippen molar-refractivity contribution < 1.29 is 4.79 Å². The normalized spacial score (nSPS) is 21.8. The van der Waals surface area contributed by atoms with Crippen molar-refractivity contribution in [2.75, 3.05) is 10.6 Å². The standard InChI is InChI=1S/C20H24N4O/c1-12-13(11-21-24(12)4)19-18-16(9-20(2,3)10-17(18)25)22-14-7-5-6-8-15(14)23-19/h5-8,11,19,22-23H,9-10H2,1-4H3/t19-/m1/s1. The molecular weight excluding hydrogens is 312 g/mol. The summed E-state index contributed by atoms with van der Waals surface area (Å²) in [7, 11) is 1.93. The van der Waals surface area contributed by atoms with Gasteiger partial charge in [0, 0.05) is 36.0 Å². The minimum Gasteiger partial charge on any atom is -0.372 e. The fourth-order valence-corrected chi connectivity index (χ4v) is 3.92. The Balaban J connectivity index is 1.91. The van der Waals surface area contributed by atoms with Crippen LogP contribution in [-0.4, -0.2) is 15.6 Å². The average Bonchev–Trinajstić information content (AvgIpc) is 2.77. The lowest BCUT2D eigenvalue weighted by molar-refractivity contribution is -0.118. The number of anilines is 2. The molecule has 2 N–H and O–H groups in total. The number of hydrogen-bond donors (Lipinski definition) is 2. The van der Waals surface area contributed by atoms with E-state index >= 15 is 0 Å². The molecule has 1 aliphatic heterocycles. The molecule has 5 nitrogen and oxygen atoms in total. The van der Waals surface area contributed by atoms with Gasteiger partial charge in [0.15, 0.2) is 5.78 Å². The van der Waals surface area contributed by atoms with Gasteiger partial charge < -0.3 is 10.6 Å². The van der Waals surface area contributed by atoms with Gasteiger partial charge in [-0.05, 0) is 30.9 Å². The van der Waals surface area contributed by atoms with Crippen molar-refractivity contribution in [3.05, 3.63) is 53.0 Å². The number of aromatic nitrogens is 2. The fourth-order valence-electron chi connectivity index (χ4n) is 3.92. The van der Waals surface area contributed by atoms with Crippen molar-refractivity contribution in [1.82, 2.24) is 9.78 Å². The highest BCUT2D eigenvalue weighted by Crippen LogP contribution is 2.45. The largest absolute Gasteiger partial charge is 0.372 e. The van der Waals surface area contributed by atoms with Crippen LogP contribution in [-0.2, 0) is 11.8 Å². The van der Waals surface area contributed by atoms with E-state index in [0.717, 1.165) is 40.3 Å². The zero-order valence-corrected chi connectivity index (χ0v) is 15.2. The number of carbonyl (C=O) groups is 1. The van der Waals surface area contributed by atoms with Gasteiger partial charge in [-0.15, -0.1) is 0 Å². The molecule has 0 radical (unpaired) electrons. The summed E-state index contributed by atoms with van der Waals surface area (Å²) in [6.45, 7) is 6.36. The lowest BCUT2D eigenvalue weighted by Crippen LogP contribution is -2.31. The first-order valence-corrected chi connectivity index (χ1v) is 8.73. The van der Waals surface area contributed by atoms with Crippen LogP contribution >= 0.6 is 0 Å². The van der Waals surface area contributed by atoms with Gasteiger partial charge >= 0.3 is 0 Å². The Morgan fingerprint density at radius 3 is 2.60 bits per heavy atom. The van der Waals surface area contributed by atoms with Crippen molar-refractivity contribution >= 4 is 17.2 Å². The van der Waals surface area contributed by atoms with Crippen LogP contribution in [0.25, 0.3) is 0 Å². The third-order valence-electron chi connectivity index (χ3n) is 5.31. The number of para-hydroxylation sites is 2. The Hall–Kier alpha value is -2.56. The highest BCUT2D eigenvalue weighted by atomic mass is 16.1. The Morgan fingerprint density at radius 1 is 1.20 bits per heavy atom. The number of fused-ring (bicyclic) bond motifs is 1. The summed E-state index contributed by atoms with van der Waals surface area (Å²) in [5.41, 5.74) is 6.01. The number of hydrogen-bond acceptors (Lipinski definition) is 4. The molecule has 1 aromatic heterocycles. The van der Waals surface area contributed by atoms with E-state index in [0.29, 0.717) is 6.42 Å². The molecule has 1 atom stereocenters. The van der Waals surface area contributed by atoms with Crippen LogP contribution in [0.3, 0.4) is 0 Å². The van der Waals surface area contributed by atoms with Gasteiger partial charge in [-0.25, -0.2) is 0 Å². The van der Waals surface area contributed by atoms with Crippen LogP contribution in [0.2, 0.25) is 0 Å². The summed E-state index contributed by atoms with van der Waals surface area (Å²) in [5, 5.41) is 11.5. The van der Waals surface area contributed by atoms with Gasteiger partial charge in [-0.1, -0.05) is 26.0 Å². The number of nitrogens with zero attached hydrogens (tertiary/aromatic N) is 2. The Labute approximate surface area is 148 Å². The number of nitrogens with one attached hydrogen (secondary N) is 2. The van der Waals surface area contributed by atoms with E-state index in [1.807, 2.05) is 37.0 Å². The zero-order chi connectivity index (χ0) is 17.8. The van der Waals surface area contributed by atoms with Gasteiger partial charge in [0.2, 0.25) is 0 Å². The SMILES string of the molecule is Cc1c([C@H]2Nc3ccccc3NC3=C2C(=O)CC(C)(C)C3)cnn1C. The van der Waals surface area contributed by atoms with Gasteiger partial charge in [0.1, 0.15) is 0 Å². The molecule has 1 aliphatic carbocycles. The predicted molar refractivity (Wildman–Crippen MR) is 99.4 cm³/mol. The van der Waals surface area contributed by atoms with E-state index in [1.54, 1.807) is 0 Å². The summed E-state index contributed by atoms with van der Waals surface area (Å²) in [6.07, 6.45) is 3.31. The molecule has 0 unspecified atom stereocenters. The first-order chi connectivity index (χ1) is 11.9. The lowest BCUT2D eigenvalue weighted by atomic mass is 9.73. The molecule has 4 rings (SSSR count). The van der Waals surface area contributed by atoms with E-state index in [2.05, 4.69) is 41.7 Å². The third kappa shape index (κ3) is 2.64. The van der Waals surface area contributed by atoms with E-state index in [1.165, 1.54) is 0 Å². The van der Waals surface area contributed by atoms with Crippen LogP contribution in [0.4, 0.5) is 11.4 Å². The quantitative estimate of drug-likeness (QED) is 0.828.